The van der Waals surface area contributed by atoms with Gasteiger partial charge in [0.25, 0.3) is 0 Å². The third-order valence-corrected chi connectivity index (χ3v) is 3.80. The summed E-state index contributed by atoms with van der Waals surface area (Å²) in [4.78, 5) is 2.87. The molecule has 19 heavy (non-hydrogen) atoms. The summed E-state index contributed by atoms with van der Waals surface area (Å²) < 4.78 is 0. The lowest BCUT2D eigenvalue weighted by Crippen LogP contribution is -2.20. The molecule has 1 aliphatic heterocycles. The summed E-state index contributed by atoms with van der Waals surface area (Å²) in [6.45, 7) is 1.99. The monoisotopic (exact) mass is 268 g/mol. The average molecular weight is 268 g/mol. The number of nitrogens with zero attached hydrogens (tertiary/aromatic N) is 1. The molecule has 0 fully saturated rings. The van der Waals surface area contributed by atoms with Crippen molar-refractivity contribution in [2.45, 2.75) is 13.0 Å². The fourth-order valence-corrected chi connectivity index (χ4v) is 2.74. The molecular formula is C16H16N2S. The van der Waals surface area contributed by atoms with Gasteiger partial charge in [-0.05, 0) is 29.7 Å². The van der Waals surface area contributed by atoms with Gasteiger partial charge in [0.15, 0.2) is 0 Å². The van der Waals surface area contributed by atoms with Crippen LogP contribution in [0.15, 0.2) is 48.5 Å². The van der Waals surface area contributed by atoms with Gasteiger partial charge in [-0.25, -0.2) is 0 Å². The van der Waals surface area contributed by atoms with Crippen LogP contribution in [-0.4, -0.2) is 11.5 Å². The molecule has 0 bridgehead atoms. The Labute approximate surface area is 118 Å². The number of thiocarbonyl (C=S) groups is 1. The lowest BCUT2D eigenvalue weighted by atomic mass is 10.1. The predicted molar refractivity (Wildman–Crippen MR) is 83.5 cm³/mol. The van der Waals surface area contributed by atoms with Gasteiger partial charge in [-0.2, -0.15) is 0 Å². The molecule has 1 aliphatic rings. The van der Waals surface area contributed by atoms with Crippen LogP contribution in [0.1, 0.15) is 16.7 Å². The molecule has 0 aromatic heterocycles. The number of rotatable bonds is 3. The zero-order valence-electron chi connectivity index (χ0n) is 10.7. The van der Waals surface area contributed by atoms with Crippen molar-refractivity contribution in [3.63, 3.8) is 0 Å². The number of para-hydroxylation sites is 1. The van der Waals surface area contributed by atoms with E-state index in [1.165, 1.54) is 16.8 Å². The number of fused-ring (bicyclic) bond motifs is 1. The van der Waals surface area contributed by atoms with E-state index in [0.29, 0.717) is 4.99 Å². The summed E-state index contributed by atoms with van der Waals surface area (Å²) in [5, 5.41) is 0. The Morgan fingerprint density at radius 3 is 2.84 bits per heavy atom. The summed E-state index contributed by atoms with van der Waals surface area (Å²) in [7, 11) is 0. The van der Waals surface area contributed by atoms with E-state index in [1.54, 1.807) is 0 Å². The Hall–Kier alpha value is -1.87. The molecule has 0 atom stereocenters. The quantitative estimate of drug-likeness (QED) is 0.868. The zero-order chi connectivity index (χ0) is 13.2. The van der Waals surface area contributed by atoms with E-state index >= 15 is 0 Å². The molecule has 0 spiro atoms. The highest BCUT2D eigenvalue weighted by atomic mass is 32.1. The highest BCUT2D eigenvalue weighted by molar-refractivity contribution is 7.80. The van der Waals surface area contributed by atoms with Crippen LogP contribution in [0.5, 0.6) is 0 Å². The average Bonchev–Trinajstić information content (AvgIpc) is 2.83. The first kappa shape index (κ1) is 12.2. The van der Waals surface area contributed by atoms with Crippen LogP contribution >= 0.6 is 12.2 Å². The van der Waals surface area contributed by atoms with Gasteiger partial charge in [0.2, 0.25) is 0 Å². The van der Waals surface area contributed by atoms with E-state index in [-0.39, 0.29) is 0 Å². The van der Waals surface area contributed by atoms with Crippen LogP contribution in [0.4, 0.5) is 5.69 Å². The maximum absolute atomic E-state index is 5.69. The molecule has 2 aromatic carbocycles. The van der Waals surface area contributed by atoms with E-state index in [1.807, 2.05) is 12.1 Å². The topological polar surface area (TPSA) is 29.3 Å². The van der Waals surface area contributed by atoms with Crippen molar-refractivity contribution in [3.05, 3.63) is 65.2 Å². The Bertz CT molecular complexity index is 622. The molecule has 0 unspecified atom stereocenters. The summed E-state index contributed by atoms with van der Waals surface area (Å²) in [5.74, 6) is 0. The van der Waals surface area contributed by atoms with Crippen molar-refractivity contribution < 1.29 is 0 Å². The number of benzene rings is 2. The maximum Gasteiger partial charge on any atom is 0.103 e. The number of nitrogens with two attached hydrogens (primary N) is 1. The Balaban J connectivity index is 1.83. The van der Waals surface area contributed by atoms with Gasteiger partial charge in [-0.3, -0.25) is 0 Å². The molecule has 2 nitrogen and oxygen atoms in total. The largest absolute Gasteiger partial charge is 0.389 e. The van der Waals surface area contributed by atoms with E-state index in [9.17, 15) is 0 Å². The van der Waals surface area contributed by atoms with E-state index in [2.05, 4.69) is 41.3 Å². The van der Waals surface area contributed by atoms with Crippen molar-refractivity contribution >= 4 is 22.9 Å². The second-order valence-electron chi connectivity index (χ2n) is 4.86. The second-order valence-corrected chi connectivity index (χ2v) is 5.30. The van der Waals surface area contributed by atoms with Gasteiger partial charge in [-0.1, -0.05) is 48.6 Å². The van der Waals surface area contributed by atoms with Crippen LogP contribution in [-0.2, 0) is 13.0 Å². The first-order valence-corrected chi connectivity index (χ1v) is 6.86. The second kappa shape index (κ2) is 5.02. The molecule has 2 aromatic rings. The van der Waals surface area contributed by atoms with Crippen LogP contribution in [0, 0.1) is 0 Å². The van der Waals surface area contributed by atoms with Gasteiger partial charge >= 0.3 is 0 Å². The Kier molecular flexibility index (Phi) is 3.22. The standard InChI is InChI=1S/C16H16N2S/c17-16(19)14-6-3-4-12(10-14)11-18-9-8-13-5-1-2-7-15(13)18/h1-7,10H,8-9,11H2,(H2,17,19). The van der Waals surface area contributed by atoms with Crippen molar-refractivity contribution in [1.82, 2.24) is 0 Å². The van der Waals surface area contributed by atoms with Crippen molar-refractivity contribution in [2.24, 2.45) is 5.73 Å². The molecule has 96 valence electrons. The molecular weight excluding hydrogens is 252 g/mol. The summed E-state index contributed by atoms with van der Waals surface area (Å²) in [5.41, 5.74) is 10.7. The molecule has 3 rings (SSSR count). The van der Waals surface area contributed by atoms with Crippen LogP contribution in [0.2, 0.25) is 0 Å². The highest BCUT2D eigenvalue weighted by Crippen LogP contribution is 2.28. The van der Waals surface area contributed by atoms with E-state index < -0.39 is 0 Å². The van der Waals surface area contributed by atoms with Crippen molar-refractivity contribution in [1.29, 1.82) is 0 Å². The fraction of sp³-hybridized carbons (Fsp3) is 0.188. The number of hydrogen-bond acceptors (Lipinski definition) is 2. The highest BCUT2D eigenvalue weighted by Gasteiger charge is 2.18. The third-order valence-electron chi connectivity index (χ3n) is 3.57. The van der Waals surface area contributed by atoms with Gasteiger partial charge in [0.1, 0.15) is 4.99 Å². The molecule has 0 saturated carbocycles. The number of hydrogen-bond donors (Lipinski definition) is 1. The predicted octanol–water partition coefficient (Wildman–Crippen LogP) is 2.88. The molecule has 0 saturated heterocycles. The molecule has 3 heteroatoms. The summed E-state index contributed by atoms with van der Waals surface area (Å²) in [6.07, 6.45) is 1.13. The third kappa shape index (κ3) is 2.47. The molecule has 2 N–H and O–H groups in total. The van der Waals surface area contributed by atoms with Gasteiger partial charge in [0, 0.05) is 24.3 Å². The molecule has 1 heterocycles. The molecule has 0 radical (unpaired) electrons. The van der Waals surface area contributed by atoms with Crippen molar-refractivity contribution in [2.75, 3.05) is 11.4 Å². The minimum Gasteiger partial charge on any atom is -0.389 e. The first-order chi connectivity index (χ1) is 9.24. The fourth-order valence-electron chi connectivity index (χ4n) is 2.61. The van der Waals surface area contributed by atoms with Crippen LogP contribution < -0.4 is 10.6 Å². The van der Waals surface area contributed by atoms with Gasteiger partial charge in [0.05, 0.1) is 0 Å². The number of anilines is 1. The van der Waals surface area contributed by atoms with Gasteiger partial charge in [-0.15, -0.1) is 0 Å². The Morgan fingerprint density at radius 1 is 1.16 bits per heavy atom. The molecule has 0 aliphatic carbocycles. The lowest BCUT2D eigenvalue weighted by molar-refractivity contribution is 0.836. The minimum absolute atomic E-state index is 0.462. The first-order valence-electron chi connectivity index (χ1n) is 6.45. The minimum atomic E-state index is 0.462. The van der Waals surface area contributed by atoms with Crippen LogP contribution in [0.25, 0.3) is 0 Å². The smallest absolute Gasteiger partial charge is 0.103 e. The molecule has 0 amide bonds. The van der Waals surface area contributed by atoms with E-state index in [4.69, 9.17) is 18.0 Å². The maximum atomic E-state index is 5.69. The van der Waals surface area contributed by atoms with E-state index in [0.717, 1.165) is 25.1 Å². The van der Waals surface area contributed by atoms with Gasteiger partial charge < -0.3 is 10.6 Å². The Morgan fingerprint density at radius 2 is 2.00 bits per heavy atom. The summed E-state index contributed by atoms with van der Waals surface area (Å²) in [6, 6.07) is 16.8. The SMILES string of the molecule is NC(=S)c1cccc(CN2CCc3ccccc32)c1. The van der Waals surface area contributed by atoms with Crippen molar-refractivity contribution in [3.8, 4) is 0 Å². The normalized spacial score (nSPS) is 13.4. The zero-order valence-corrected chi connectivity index (χ0v) is 11.5. The summed E-state index contributed by atoms with van der Waals surface area (Å²) >= 11 is 5.03. The lowest BCUT2D eigenvalue weighted by Gasteiger charge is -2.19. The van der Waals surface area contributed by atoms with Crippen LogP contribution in [0.3, 0.4) is 0 Å².